The van der Waals surface area contributed by atoms with Crippen molar-refractivity contribution in [3.05, 3.63) is 0 Å². The second kappa shape index (κ2) is 4.19. The van der Waals surface area contributed by atoms with Crippen LogP contribution < -0.4 is 4.72 Å². The summed E-state index contributed by atoms with van der Waals surface area (Å²) < 4.78 is 21.2. The van der Waals surface area contributed by atoms with Crippen LogP contribution in [0.2, 0.25) is 0 Å². The number of hydrogen-bond acceptors (Lipinski definition) is 2. The van der Waals surface area contributed by atoms with Crippen molar-refractivity contribution < 1.29 is 4.21 Å². The third-order valence-electron chi connectivity index (χ3n) is 3.11. The molecule has 1 aliphatic carbocycles. The summed E-state index contributed by atoms with van der Waals surface area (Å²) in [7, 11) is -2.50. The summed E-state index contributed by atoms with van der Waals surface area (Å²) >= 11 is 0. The summed E-state index contributed by atoms with van der Waals surface area (Å²) in [5.74, 6) is 0.620. The molecule has 84 valence electrons. The van der Waals surface area contributed by atoms with E-state index in [4.69, 9.17) is 4.78 Å². The lowest BCUT2D eigenvalue weighted by Gasteiger charge is -2.34. The fourth-order valence-electron chi connectivity index (χ4n) is 1.94. The van der Waals surface area contributed by atoms with Crippen molar-refractivity contribution >= 4 is 9.92 Å². The van der Waals surface area contributed by atoms with Crippen LogP contribution in [0.4, 0.5) is 0 Å². The van der Waals surface area contributed by atoms with E-state index in [-0.39, 0.29) is 0 Å². The topological polar surface area (TPSA) is 53.0 Å². The zero-order valence-corrected chi connectivity index (χ0v) is 10.2. The lowest BCUT2D eigenvalue weighted by molar-refractivity contribution is 0.193. The maximum Gasteiger partial charge on any atom is 0.102 e. The fraction of sp³-hybridized carbons (Fsp3) is 1.00. The van der Waals surface area contributed by atoms with Crippen molar-refractivity contribution in [1.29, 1.82) is 4.78 Å². The van der Waals surface area contributed by atoms with Crippen molar-refractivity contribution in [2.45, 2.75) is 39.5 Å². The SMILES string of the molecule is CC1(C)CCC(CNS(C)(=N)=O)CC1. The number of hydrogen-bond donors (Lipinski definition) is 2. The van der Waals surface area contributed by atoms with E-state index < -0.39 is 9.92 Å². The van der Waals surface area contributed by atoms with Crippen LogP contribution in [0.1, 0.15) is 39.5 Å². The zero-order chi connectivity index (χ0) is 10.8. The van der Waals surface area contributed by atoms with E-state index in [1.54, 1.807) is 0 Å². The fourth-order valence-corrected chi connectivity index (χ4v) is 2.49. The van der Waals surface area contributed by atoms with Crippen molar-refractivity contribution in [3.8, 4) is 0 Å². The van der Waals surface area contributed by atoms with Crippen molar-refractivity contribution in [3.63, 3.8) is 0 Å². The van der Waals surface area contributed by atoms with Gasteiger partial charge in [0.05, 0.1) is 0 Å². The molecule has 1 atom stereocenters. The molecule has 1 fully saturated rings. The Labute approximate surface area is 87.8 Å². The molecule has 0 bridgehead atoms. The molecule has 0 aromatic rings. The molecule has 0 aromatic carbocycles. The number of nitrogens with one attached hydrogen (secondary N) is 2. The Morgan fingerprint density at radius 3 is 2.36 bits per heavy atom. The van der Waals surface area contributed by atoms with Crippen LogP contribution in [0.15, 0.2) is 0 Å². The van der Waals surface area contributed by atoms with Gasteiger partial charge in [0, 0.05) is 12.8 Å². The van der Waals surface area contributed by atoms with Gasteiger partial charge in [0.1, 0.15) is 9.92 Å². The highest BCUT2D eigenvalue weighted by molar-refractivity contribution is 7.89. The molecule has 0 saturated heterocycles. The van der Waals surface area contributed by atoms with E-state index in [1.165, 1.54) is 31.9 Å². The first kappa shape index (κ1) is 12.0. The molecule has 0 amide bonds. The molecule has 0 spiro atoms. The average Bonchev–Trinajstić information content (AvgIpc) is 2.01. The first-order valence-electron chi connectivity index (χ1n) is 5.27. The maximum atomic E-state index is 11.1. The van der Waals surface area contributed by atoms with E-state index >= 15 is 0 Å². The second-order valence-corrected chi connectivity index (χ2v) is 7.28. The highest BCUT2D eigenvalue weighted by atomic mass is 32.2. The zero-order valence-electron chi connectivity index (χ0n) is 9.43. The van der Waals surface area contributed by atoms with Crippen LogP contribution in [0.5, 0.6) is 0 Å². The van der Waals surface area contributed by atoms with E-state index in [2.05, 4.69) is 18.6 Å². The van der Waals surface area contributed by atoms with E-state index in [0.717, 1.165) is 6.54 Å². The molecule has 2 N–H and O–H groups in total. The van der Waals surface area contributed by atoms with Crippen LogP contribution in [0, 0.1) is 16.1 Å². The summed E-state index contributed by atoms with van der Waals surface area (Å²) in [6.07, 6.45) is 6.36. The molecule has 0 aliphatic heterocycles. The third kappa shape index (κ3) is 4.42. The van der Waals surface area contributed by atoms with Gasteiger partial charge in [-0.25, -0.2) is 13.7 Å². The highest BCUT2D eigenvalue weighted by Gasteiger charge is 2.26. The molecule has 0 heterocycles. The van der Waals surface area contributed by atoms with E-state index in [1.807, 2.05) is 0 Å². The predicted octanol–water partition coefficient (Wildman–Crippen LogP) is 2.38. The van der Waals surface area contributed by atoms with Gasteiger partial charge in [0.25, 0.3) is 0 Å². The van der Waals surface area contributed by atoms with Crippen LogP contribution >= 0.6 is 0 Å². The van der Waals surface area contributed by atoms with Crippen molar-refractivity contribution in [1.82, 2.24) is 4.72 Å². The predicted molar refractivity (Wildman–Crippen MR) is 60.5 cm³/mol. The first-order chi connectivity index (χ1) is 6.29. The van der Waals surface area contributed by atoms with Gasteiger partial charge in [-0.15, -0.1) is 0 Å². The molecule has 0 radical (unpaired) electrons. The maximum absolute atomic E-state index is 11.1. The van der Waals surface area contributed by atoms with Gasteiger partial charge in [-0.05, 0) is 37.0 Å². The van der Waals surface area contributed by atoms with Gasteiger partial charge in [0.15, 0.2) is 0 Å². The molecule has 1 rings (SSSR count). The molecule has 3 nitrogen and oxygen atoms in total. The lowest BCUT2D eigenvalue weighted by atomic mass is 9.73. The minimum Gasteiger partial charge on any atom is -0.241 e. The Hall–Kier alpha value is -0.0900. The standard InChI is InChI=1S/C10H22N2OS/c1-10(2)6-4-9(5-7-10)8-12-14(3,11)13/h9H,4-8H2,1-3H3,(H2,11,12,13). The molecular weight excluding hydrogens is 196 g/mol. The van der Waals surface area contributed by atoms with Gasteiger partial charge in [-0.2, -0.15) is 0 Å². The highest BCUT2D eigenvalue weighted by Crippen LogP contribution is 2.37. The molecule has 0 aromatic heterocycles. The average molecular weight is 218 g/mol. The van der Waals surface area contributed by atoms with Crippen LogP contribution in [0.3, 0.4) is 0 Å². The minimum atomic E-state index is -2.50. The van der Waals surface area contributed by atoms with Crippen molar-refractivity contribution in [2.24, 2.45) is 11.3 Å². The van der Waals surface area contributed by atoms with Gasteiger partial charge in [-0.1, -0.05) is 13.8 Å². The summed E-state index contributed by atoms with van der Waals surface area (Å²) in [5, 5.41) is 0. The van der Waals surface area contributed by atoms with E-state index in [9.17, 15) is 4.21 Å². The summed E-state index contributed by atoms with van der Waals surface area (Å²) in [4.78, 5) is 0. The lowest BCUT2D eigenvalue weighted by Crippen LogP contribution is -2.31. The Kier molecular flexibility index (Phi) is 3.58. The Morgan fingerprint density at radius 1 is 1.43 bits per heavy atom. The Balaban J connectivity index is 2.30. The van der Waals surface area contributed by atoms with Crippen molar-refractivity contribution in [2.75, 3.05) is 12.8 Å². The van der Waals surface area contributed by atoms with Gasteiger partial charge < -0.3 is 0 Å². The molecular formula is C10H22N2OS. The monoisotopic (exact) mass is 218 g/mol. The van der Waals surface area contributed by atoms with Crippen LogP contribution in [-0.2, 0) is 9.92 Å². The Morgan fingerprint density at radius 2 is 1.93 bits per heavy atom. The summed E-state index contributed by atoms with van der Waals surface area (Å²) in [6, 6.07) is 0. The normalized spacial score (nSPS) is 27.1. The number of rotatable bonds is 3. The summed E-state index contributed by atoms with van der Waals surface area (Å²) in [5.41, 5.74) is 0.491. The van der Waals surface area contributed by atoms with Crippen LogP contribution in [0.25, 0.3) is 0 Å². The molecule has 4 heteroatoms. The van der Waals surface area contributed by atoms with Gasteiger partial charge in [-0.3, -0.25) is 0 Å². The quantitative estimate of drug-likeness (QED) is 0.751. The molecule has 1 unspecified atom stereocenters. The minimum absolute atomic E-state index is 0.491. The molecule has 1 aliphatic rings. The third-order valence-corrected chi connectivity index (χ3v) is 3.82. The van der Waals surface area contributed by atoms with Gasteiger partial charge in [0.2, 0.25) is 0 Å². The van der Waals surface area contributed by atoms with Gasteiger partial charge >= 0.3 is 0 Å². The van der Waals surface area contributed by atoms with Crippen LogP contribution in [-0.4, -0.2) is 17.0 Å². The smallest absolute Gasteiger partial charge is 0.102 e. The second-order valence-electron chi connectivity index (χ2n) is 5.30. The summed E-state index contributed by atoms with van der Waals surface area (Å²) in [6.45, 7) is 5.36. The first-order valence-corrected chi connectivity index (χ1v) is 7.23. The molecule has 1 saturated carbocycles. The van der Waals surface area contributed by atoms with E-state index in [0.29, 0.717) is 11.3 Å². The molecule has 14 heavy (non-hydrogen) atoms. The largest absolute Gasteiger partial charge is 0.241 e. The Bertz CT molecular complexity index is 272.